The van der Waals surface area contributed by atoms with Crippen LogP contribution in [0.15, 0.2) is 22.7 Å². The monoisotopic (exact) mass is 387 g/mol. The number of piperazine rings is 1. The van der Waals surface area contributed by atoms with Crippen molar-refractivity contribution in [2.45, 2.75) is 6.54 Å². The minimum Gasteiger partial charge on any atom is -0.383 e. The Labute approximate surface area is 144 Å². The first-order valence-corrected chi connectivity index (χ1v) is 8.52. The molecular weight excluding hydrogens is 365 g/mol. The Balaban J connectivity index is 1.73. The predicted octanol–water partition coefficient (Wildman–Crippen LogP) is 1.47. The molecule has 0 saturated carbocycles. The van der Waals surface area contributed by atoms with E-state index >= 15 is 0 Å². The first-order chi connectivity index (χ1) is 11.1. The van der Waals surface area contributed by atoms with Gasteiger partial charge in [-0.3, -0.25) is 14.6 Å². The van der Waals surface area contributed by atoms with Gasteiger partial charge in [-0.25, -0.2) is 4.39 Å². The Morgan fingerprint density at radius 3 is 2.70 bits per heavy atom. The van der Waals surface area contributed by atoms with Gasteiger partial charge in [0.15, 0.2) is 0 Å². The van der Waals surface area contributed by atoms with Crippen molar-refractivity contribution in [3.63, 3.8) is 0 Å². The number of methoxy groups -OCH3 is 1. The third-order valence-corrected chi connectivity index (χ3v) is 4.36. The van der Waals surface area contributed by atoms with E-state index in [0.29, 0.717) is 31.8 Å². The first-order valence-electron chi connectivity index (χ1n) is 7.73. The molecule has 0 bridgehead atoms. The summed E-state index contributed by atoms with van der Waals surface area (Å²) >= 11 is 3.38. The largest absolute Gasteiger partial charge is 0.383 e. The average molecular weight is 388 g/mol. The molecule has 2 rings (SSSR count). The zero-order chi connectivity index (χ0) is 16.7. The van der Waals surface area contributed by atoms with Crippen LogP contribution in [0.25, 0.3) is 0 Å². The Kier molecular flexibility index (Phi) is 7.42. The van der Waals surface area contributed by atoms with E-state index in [1.807, 2.05) is 6.07 Å². The van der Waals surface area contributed by atoms with Crippen molar-refractivity contribution in [1.82, 2.24) is 15.1 Å². The SMILES string of the molecule is COCCNC(=O)CN1CCN(Cc2cc(Br)ccc2F)CC1. The number of carbonyl (C=O) groups is 1. The maximum atomic E-state index is 13.8. The number of nitrogens with one attached hydrogen (secondary N) is 1. The molecule has 1 heterocycles. The maximum absolute atomic E-state index is 13.8. The molecule has 0 aliphatic carbocycles. The minimum absolute atomic E-state index is 0.0218. The van der Waals surface area contributed by atoms with Crippen LogP contribution in [0.5, 0.6) is 0 Å². The molecule has 0 spiro atoms. The summed E-state index contributed by atoms with van der Waals surface area (Å²) < 4.78 is 19.6. The van der Waals surface area contributed by atoms with Crippen LogP contribution < -0.4 is 5.32 Å². The molecule has 1 aliphatic rings. The minimum atomic E-state index is -0.173. The third-order valence-electron chi connectivity index (χ3n) is 3.86. The Bertz CT molecular complexity index is 522. The van der Waals surface area contributed by atoms with Crippen LogP contribution in [0.2, 0.25) is 0 Å². The van der Waals surface area contributed by atoms with E-state index < -0.39 is 0 Å². The lowest BCUT2D eigenvalue weighted by Gasteiger charge is -2.34. The molecule has 0 aromatic heterocycles. The van der Waals surface area contributed by atoms with Crippen LogP contribution in [0.4, 0.5) is 4.39 Å². The van der Waals surface area contributed by atoms with Gasteiger partial charge >= 0.3 is 0 Å². The van der Waals surface area contributed by atoms with Crippen molar-refractivity contribution in [1.29, 1.82) is 0 Å². The fourth-order valence-electron chi connectivity index (χ4n) is 2.56. The highest BCUT2D eigenvalue weighted by molar-refractivity contribution is 9.10. The van der Waals surface area contributed by atoms with Gasteiger partial charge in [0.05, 0.1) is 13.2 Å². The average Bonchev–Trinajstić information content (AvgIpc) is 2.53. The molecule has 0 unspecified atom stereocenters. The standard InChI is InChI=1S/C16H23BrFN3O2/c1-23-9-4-19-16(22)12-21-7-5-20(6-8-21)11-13-10-14(17)2-3-15(13)18/h2-3,10H,4-9,11-12H2,1H3,(H,19,22). The van der Waals surface area contributed by atoms with Crippen molar-refractivity contribution >= 4 is 21.8 Å². The summed E-state index contributed by atoms with van der Waals surface area (Å²) in [5, 5.41) is 2.82. The summed E-state index contributed by atoms with van der Waals surface area (Å²) in [6, 6.07) is 5.02. The molecule has 1 aromatic rings. The van der Waals surface area contributed by atoms with Crippen molar-refractivity contribution in [3.05, 3.63) is 34.1 Å². The Morgan fingerprint density at radius 1 is 1.30 bits per heavy atom. The highest BCUT2D eigenvalue weighted by atomic mass is 79.9. The molecule has 1 N–H and O–H groups in total. The lowest BCUT2D eigenvalue weighted by molar-refractivity contribution is -0.122. The van der Waals surface area contributed by atoms with Crippen molar-refractivity contribution in [2.24, 2.45) is 0 Å². The zero-order valence-electron chi connectivity index (χ0n) is 13.4. The van der Waals surface area contributed by atoms with Gasteiger partial charge in [0.2, 0.25) is 5.91 Å². The van der Waals surface area contributed by atoms with Gasteiger partial charge in [-0.05, 0) is 18.2 Å². The molecule has 7 heteroatoms. The number of amides is 1. The van der Waals surface area contributed by atoms with Gasteiger partial charge in [0, 0.05) is 56.4 Å². The van der Waals surface area contributed by atoms with Gasteiger partial charge in [0.1, 0.15) is 5.82 Å². The van der Waals surface area contributed by atoms with E-state index in [-0.39, 0.29) is 11.7 Å². The van der Waals surface area contributed by atoms with Gasteiger partial charge in [-0.1, -0.05) is 15.9 Å². The second-order valence-electron chi connectivity index (χ2n) is 5.63. The lowest BCUT2D eigenvalue weighted by atomic mass is 10.2. The van der Waals surface area contributed by atoms with Crippen LogP contribution in [0.1, 0.15) is 5.56 Å². The third kappa shape index (κ3) is 6.18. The van der Waals surface area contributed by atoms with E-state index in [4.69, 9.17) is 4.74 Å². The highest BCUT2D eigenvalue weighted by Gasteiger charge is 2.19. The van der Waals surface area contributed by atoms with Gasteiger partial charge < -0.3 is 10.1 Å². The quantitative estimate of drug-likeness (QED) is 0.719. The van der Waals surface area contributed by atoms with E-state index in [2.05, 4.69) is 31.0 Å². The molecular formula is C16H23BrFN3O2. The fraction of sp³-hybridized carbons (Fsp3) is 0.562. The molecule has 5 nitrogen and oxygen atoms in total. The lowest BCUT2D eigenvalue weighted by Crippen LogP contribution is -2.49. The number of nitrogens with zero attached hydrogens (tertiary/aromatic N) is 2. The Morgan fingerprint density at radius 2 is 2.00 bits per heavy atom. The first kappa shape index (κ1) is 18.3. The molecule has 1 saturated heterocycles. The van der Waals surface area contributed by atoms with E-state index in [1.165, 1.54) is 6.07 Å². The summed E-state index contributed by atoms with van der Waals surface area (Å²) in [5.74, 6) is -0.151. The van der Waals surface area contributed by atoms with Crippen LogP contribution in [0.3, 0.4) is 0 Å². The molecule has 0 radical (unpaired) electrons. The predicted molar refractivity (Wildman–Crippen MR) is 90.7 cm³/mol. The van der Waals surface area contributed by atoms with Gasteiger partial charge in [0.25, 0.3) is 0 Å². The van der Waals surface area contributed by atoms with E-state index in [9.17, 15) is 9.18 Å². The molecule has 1 amide bonds. The maximum Gasteiger partial charge on any atom is 0.234 e. The van der Waals surface area contributed by atoms with Crippen LogP contribution in [-0.2, 0) is 16.1 Å². The zero-order valence-corrected chi connectivity index (χ0v) is 14.9. The van der Waals surface area contributed by atoms with E-state index in [0.717, 1.165) is 30.7 Å². The molecule has 1 aliphatic heterocycles. The summed E-state index contributed by atoms with van der Waals surface area (Å²) in [4.78, 5) is 16.1. The van der Waals surface area contributed by atoms with Crippen LogP contribution in [0, 0.1) is 5.82 Å². The summed E-state index contributed by atoms with van der Waals surface area (Å²) in [6.07, 6.45) is 0. The van der Waals surface area contributed by atoms with Crippen molar-refractivity contribution < 1.29 is 13.9 Å². The summed E-state index contributed by atoms with van der Waals surface area (Å²) in [5.41, 5.74) is 0.699. The number of rotatable bonds is 7. The molecule has 0 atom stereocenters. The number of hydrogen-bond acceptors (Lipinski definition) is 4. The summed E-state index contributed by atoms with van der Waals surface area (Å²) in [7, 11) is 1.61. The molecule has 1 fully saturated rings. The van der Waals surface area contributed by atoms with Crippen LogP contribution >= 0.6 is 15.9 Å². The number of ether oxygens (including phenoxy) is 1. The fourth-order valence-corrected chi connectivity index (χ4v) is 2.97. The highest BCUT2D eigenvalue weighted by Crippen LogP contribution is 2.18. The second kappa shape index (κ2) is 9.32. The normalized spacial score (nSPS) is 16.5. The molecule has 23 heavy (non-hydrogen) atoms. The molecule has 128 valence electrons. The van der Waals surface area contributed by atoms with Crippen LogP contribution in [-0.4, -0.2) is 68.7 Å². The number of benzene rings is 1. The number of hydrogen-bond donors (Lipinski definition) is 1. The van der Waals surface area contributed by atoms with Crippen molar-refractivity contribution in [3.8, 4) is 0 Å². The van der Waals surface area contributed by atoms with E-state index in [1.54, 1.807) is 13.2 Å². The smallest absolute Gasteiger partial charge is 0.234 e. The number of carbonyl (C=O) groups excluding carboxylic acids is 1. The number of halogens is 2. The summed E-state index contributed by atoms with van der Waals surface area (Å²) in [6.45, 7) is 5.35. The van der Waals surface area contributed by atoms with Gasteiger partial charge in [-0.2, -0.15) is 0 Å². The topological polar surface area (TPSA) is 44.8 Å². The Hall–Kier alpha value is -1.02. The van der Waals surface area contributed by atoms with Gasteiger partial charge in [-0.15, -0.1) is 0 Å². The second-order valence-corrected chi connectivity index (χ2v) is 6.55. The van der Waals surface area contributed by atoms with Crippen molar-refractivity contribution in [2.75, 3.05) is 53.0 Å². The molecule has 1 aromatic carbocycles.